The highest BCUT2D eigenvalue weighted by atomic mass is 35.5. The molecule has 0 heterocycles. The molecule has 5 nitrogen and oxygen atoms in total. The highest BCUT2D eigenvalue weighted by Gasteiger charge is 2.18. The van der Waals surface area contributed by atoms with Crippen LogP contribution in [0.3, 0.4) is 0 Å². The van der Waals surface area contributed by atoms with Gasteiger partial charge in [0.25, 0.3) is 0 Å². The Balaban J connectivity index is 2.12. The van der Waals surface area contributed by atoms with Crippen molar-refractivity contribution in [3.05, 3.63) is 69.0 Å². The van der Waals surface area contributed by atoms with Crippen LogP contribution in [0.4, 0.5) is 10.1 Å². The van der Waals surface area contributed by atoms with Gasteiger partial charge in [0, 0.05) is 17.2 Å². The van der Waals surface area contributed by atoms with E-state index in [4.69, 9.17) is 16.3 Å². The van der Waals surface area contributed by atoms with Crippen molar-refractivity contribution in [3.8, 4) is 5.75 Å². The molecule has 0 aliphatic carbocycles. The summed E-state index contributed by atoms with van der Waals surface area (Å²) in [6.07, 6.45) is -1.04. The summed E-state index contributed by atoms with van der Waals surface area (Å²) in [5.74, 6) is -0.895. The van der Waals surface area contributed by atoms with E-state index in [9.17, 15) is 19.6 Å². The van der Waals surface area contributed by atoms with Crippen LogP contribution in [0.2, 0.25) is 5.02 Å². The monoisotopic (exact) mass is 311 g/mol. The van der Waals surface area contributed by atoms with Gasteiger partial charge in [-0.15, -0.1) is 0 Å². The molecule has 1 N–H and O–H groups in total. The molecule has 1 atom stereocenters. The van der Waals surface area contributed by atoms with E-state index in [0.717, 1.165) is 18.2 Å². The highest BCUT2D eigenvalue weighted by Crippen LogP contribution is 2.28. The molecule has 0 radical (unpaired) electrons. The van der Waals surface area contributed by atoms with Crippen molar-refractivity contribution >= 4 is 17.3 Å². The number of nitrogens with zero attached hydrogens (tertiary/aromatic N) is 1. The Morgan fingerprint density at radius 1 is 1.33 bits per heavy atom. The van der Waals surface area contributed by atoms with Gasteiger partial charge >= 0.3 is 5.69 Å². The second-order valence-electron chi connectivity index (χ2n) is 4.25. The van der Waals surface area contributed by atoms with Crippen molar-refractivity contribution in [2.24, 2.45) is 0 Å². The summed E-state index contributed by atoms with van der Waals surface area (Å²) in [5, 5.41) is 21.2. The van der Waals surface area contributed by atoms with Crippen molar-refractivity contribution in [2.75, 3.05) is 6.61 Å². The van der Waals surface area contributed by atoms with E-state index in [2.05, 4.69) is 0 Å². The lowest BCUT2D eigenvalue weighted by molar-refractivity contribution is -0.386. The summed E-state index contributed by atoms with van der Waals surface area (Å²) in [6, 6.07) is 9.38. The Kier molecular flexibility index (Phi) is 4.72. The van der Waals surface area contributed by atoms with Crippen LogP contribution in [0.5, 0.6) is 5.75 Å². The molecular weight excluding hydrogens is 301 g/mol. The number of halogens is 2. The van der Waals surface area contributed by atoms with Crippen molar-refractivity contribution in [3.63, 3.8) is 0 Å². The van der Waals surface area contributed by atoms with Crippen LogP contribution in [0, 0.1) is 15.9 Å². The molecule has 0 spiro atoms. The summed E-state index contributed by atoms with van der Waals surface area (Å²) in [4.78, 5) is 10.1. The molecule has 110 valence electrons. The minimum absolute atomic E-state index is 0.235. The molecule has 1 unspecified atom stereocenters. The summed E-state index contributed by atoms with van der Waals surface area (Å²) in [5.41, 5.74) is 0.135. The molecule has 0 saturated carbocycles. The highest BCUT2D eigenvalue weighted by molar-refractivity contribution is 6.30. The van der Waals surface area contributed by atoms with Gasteiger partial charge in [0.15, 0.2) is 5.75 Å². The lowest BCUT2D eigenvalue weighted by Crippen LogP contribution is -2.10. The summed E-state index contributed by atoms with van der Waals surface area (Å²) >= 11 is 5.80. The Hall–Kier alpha value is -2.18. The van der Waals surface area contributed by atoms with Gasteiger partial charge in [0.1, 0.15) is 18.5 Å². The van der Waals surface area contributed by atoms with Crippen LogP contribution in [0.1, 0.15) is 11.7 Å². The molecule has 0 saturated heterocycles. The fraction of sp³-hybridized carbons (Fsp3) is 0.143. The van der Waals surface area contributed by atoms with E-state index in [1.807, 2.05) is 0 Å². The molecule has 0 amide bonds. The van der Waals surface area contributed by atoms with Gasteiger partial charge in [-0.1, -0.05) is 23.7 Å². The number of nitro groups is 1. The molecule has 0 bridgehead atoms. The zero-order valence-electron chi connectivity index (χ0n) is 10.7. The number of hydrogen-bond donors (Lipinski definition) is 1. The van der Waals surface area contributed by atoms with E-state index in [1.165, 1.54) is 0 Å². The van der Waals surface area contributed by atoms with Crippen LogP contribution in [0.15, 0.2) is 42.5 Å². The van der Waals surface area contributed by atoms with E-state index < -0.39 is 16.8 Å². The smallest absolute Gasteiger partial charge is 0.311 e. The second-order valence-corrected chi connectivity index (χ2v) is 4.69. The number of aliphatic hydroxyl groups is 1. The standard InChI is InChI=1S/C14H11ClFNO4/c15-10-3-1-2-9(6-10)13(18)8-21-14-7-11(16)4-5-12(14)17(19)20/h1-7,13,18H,8H2. The van der Waals surface area contributed by atoms with Gasteiger partial charge in [0.2, 0.25) is 0 Å². The predicted octanol–water partition coefficient (Wildman–Crippen LogP) is 3.50. The maximum absolute atomic E-state index is 13.1. The molecule has 21 heavy (non-hydrogen) atoms. The summed E-state index contributed by atoms with van der Waals surface area (Å²) in [6.45, 7) is -0.259. The Labute approximate surface area is 124 Å². The van der Waals surface area contributed by atoms with Crippen LogP contribution in [-0.2, 0) is 0 Å². The molecule has 0 aliphatic rings. The topological polar surface area (TPSA) is 72.6 Å². The van der Waals surface area contributed by atoms with Gasteiger partial charge in [-0.2, -0.15) is 0 Å². The van der Waals surface area contributed by atoms with Gasteiger partial charge in [-0.25, -0.2) is 4.39 Å². The van der Waals surface area contributed by atoms with Crippen LogP contribution >= 0.6 is 11.6 Å². The maximum Gasteiger partial charge on any atom is 0.311 e. The number of hydrogen-bond acceptors (Lipinski definition) is 4. The first-order chi connectivity index (χ1) is 9.97. The summed E-state index contributed by atoms with van der Waals surface area (Å²) < 4.78 is 18.3. The zero-order chi connectivity index (χ0) is 15.4. The van der Waals surface area contributed by atoms with Crippen molar-refractivity contribution in [1.82, 2.24) is 0 Å². The van der Waals surface area contributed by atoms with Crippen LogP contribution in [-0.4, -0.2) is 16.6 Å². The van der Waals surface area contributed by atoms with Gasteiger partial charge in [0.05, 0.1) is 4.92 Å². The molecule has 7 heteroatoms. The number of benzene rings is 2. The number of aliphatic hydroxyl groups excluding tert-OH is 1. The Morgan fingerprint density at radius 3 is 2.76 bits per heavy atom. The average Bonchev–Trinajstić information content (AvgIpc) is 2.44. The third-order valence-electron chi connectivity index (χ3n) is 2.75. The Bertz CT molecular complexity index is 665. The molecule has 0 aliphatic heterocycles. The van der Waals surface area contributed by atoms with E-state index in [-0.39, 0.29) is 18.0 Å². The lowest BCUT2D eigenvalue weighted by Gasteiger charge is -2.13. The quantitative estimate of drug-likeness (QED) is 0.677. The van der Waals surface area contributed by atoms with E-state index >= 15 is 0 Å². The normalized spacial score (nSPS) is 12.0. The molecule has 2 rings (SSSR count). The first kappa shape index (κ1) is 15.2. The second kappa shape index (κ2) is 6.51. The first-order valence-corrected chi connectivity index (χ1v) is 6.35. The van der Waals surface area contributed by atoms with E-state index in [0.29, 0.717) is 10.6 Å². The van der Waals surface area contributed by atoms with Crippen LogP contribution < -0.4 is 4.74 Å². The molecule has 0 aromatic heterocycles. The maximum atomic E-state index is 13.1. The molecule has 2 aromatic rings. The van der Waals surface area contributed by atoms with Crippen molar-refractivity contribution in [2.45, 2.75) is 6.10 Å². The minimum Gasteiger partial charge on any atom is -0.484 e. The zero-order valence-corrected chi connectivity index (χ0v) is 11.5. The average molecular weight is 312 g/mol. The Morgan fingerprint density at radius 2 is 2.10 bits per heavy atom. The van der Waals surface area contributed by atoms with Crippen molar-refractivity contribution < 1.29 is 19.2 Å². The SMILES string of the molecule is O=[N+]([O-])c1ccc(F)cc1OCC(O)c1cccc(Cl)c1. The van der Waals surface area contributed by atoms with Gasteiger partial charge in [-0.3, -0.25) is 10.1 Å². The number of rotatable bonds is 5. The molecular formula is C14H11ClFNO4. The predicted molar refractivity (Wildman–Crippen MR) is 75.0 cm³/mol. The van der Waals surface area contributed by atoms with E-state index in [1.54, 1.807) is 24.3 Å². The van der Waals surface area contributed by atoms with Gasteiger partial charge < -0.3 is 9.84 Å². The third kappa shape index (κ3) is 3.90. The fourth-order valence-electron chi connectivity index (χ4n) is 1.73. The summed E-state index contributed by atoms with van der Waals surface area (Å²) in [7, 11) is 0. The van der Waals surface area contributed by atoms with Gasteiger partial charge in [-0.05, 0) is 23.8 Å². The number of nitro benzene ring substituents is 1. The van der Waals surface area contributed by atoms with Crippen molar-refractivity contribution in [1.29, 1.82) is 0 Å². The lowest BCUT2D eigenvalue weighted by atomic mass is 10.1. The molecule has 0 fully saturated rings. The fourth-order valence-corrected chi connectivity index (χ4v) is 1.93. The largest absolute Gasteiger partial charge is 0.484 e. The minimum atomic E-state index is -1.04. The van der Waals surface area contributed by atoms with Crippen LogP contribution in [0.25, 0.3) is 0 Å². The molecule has 2 aromatic carbocycles. The first-order valence-electron chi connectivity index (χ1n) is 5.97. The third-order valence-corrected chi connectivity index (χ3v) is 2.98. The number of ether oxygens (including phenoxy) is 1.